The summed E-state index contributed by atoms with van der Waals surface area (Å²) in [5.74, 6) is -2.11. The number of para-hydroxylation sites is 1. The van der Waals surface area contributed by atoms with Gasteiger partial charge in [-0.05, 0) is 12.1 Å². The number of amides is 1. The first kappa shape index (κ1) is 16.2. The van der Waals surface area contributed by atoms with Crippen molar-refractivity contribution >= 4 is 23.5 Å². The topological polar surface area (TPSA) is 75.6 Å². The minimum atomic E-state index is -2.83. The molecular weight excluding hydrogens is 296 g/mol. The van der Waals surface area contributed by atoms with E-state index in [1.807, 2.05) is 5.32 Å². The Balaban J connectivity index is 2.50. The van der Waals surface area contributed by atoms with E-state index >= 15 is 0 Å². The zero-order chi connectivity index (χ0) is 15.1. The summed E-state index contributed by atoms with van der Waals surface area (Å²) in [6, 6.07) is 4.71. The molecule has 1 amide bonds. The first-order chi connectivity index (χ1) is 9.40. The van der Waals surface area contributed by atoms with Crippen molar-refractivity contribution in [2.45, 2.75) is 18.9 Å². The van der Waals surface area contributed by atoms with Crippen LogP contribution in [-0.2, 0) is 9.59 Å². The summed E-state index contributed by atoms with van der Waals surface area (Å²) >= 11 is 5.78. The fraction of sp³-hybridized carbons (Fsp3) is 0.333. The van der Waals surface area contributed by atoms with Crippen molar-refractivity contribution < 1.29 is 28.2 Å². The summed E-state index contributed by atoms with van der Waals surface area (Å²) in [6.07, 6.45) is -3.80. The Labute approximate surface area is 118 Å². The SMILES string of the molecule is O=C(COc1ccccc1Cl)NC(CC(F)F)C(=O)O. The molecule has 5 nitrogen and oxygen atoms in total. The molecule has 0 radical (unpaired) electrons. The van der Waals surface area contributed by atoms with Crippen molar-refractivity contribution in [1.29, 1.82) is 0 Å². The summed E-state index contributed by atoms with van der Waals surface area (Å²) in [6.45, 7) is -0.517. The normalized spacial score (nSPS) is 12.0. The predicted molar refractivity (Wildman–Crippen MR) is 67.1 cm³/mol. The summed E-state index contributed by atoms with van der Waals surface area (Å²) in [7, 11) is 0. The first-order valence-electron chi connectivity index (χ1n) is 5.57. The number of halogens is 3. The summed E-state index contributed by atoms with van der Waals surface area (Å²) < 4.78 is 29.3. The maximum Gasteiger partial charge on any atom is 0.326 e. The van der Waals surface area contributed by atoms with Crippen molar-refractivity contribution in [1.82, 2.24) is 5.32 Å². The standard InChI is InChI=1S/C12H12ClF2NO4/c13-7-3-1-2-4-9(7)20-6-11(17)16-8(12(18)19)5-10(14)15/h1-4,8,10H,5-6H2,(H,16,17)(H,18,19). The first-order valence-corrected chi connectivity index (χ1v) is 5.95. The summed E-state index contributed by atoms with van der Waals surface area (Å²) in [5.41, 5.74) is 0. The second-order valence-corrected chi connectivity index (χ2v) is 4.21. The number of carbonyl (C=O) groups is 2. The lowest BCUT2D eigenvalue weighted by Gasteiger charge is -2.14. The van der Waals surface area contributed by atoms with E-state index in [9.17, 15) is 18.4 Å². The quantitative estimate of drug-likeness (QED) is 0.807. The van der Waals surface area contributed by atoms with Gasteiger partial charge in [0.15, 0.2) is 6.61 Å². The molecule has 20 heavy (non-hydrogen) atoms. The average molecular weight is 308 g/mol. The van der Waals surface area contributed by atoms with Crippen LogP contribution in [0.3, 0.4) is 0 Å². The molecule has 0 aliphatic heterocycles. The molecule has 8 heteroatoms. The van der Waals surface area contributed by atoms with Gasteiger partial charge >= 0.3 is 5.97 Å². The third-order valence-corrected chi connectivity index (χ3v) is 2.55. The number of carbonyl (C=O) groups excluding carboxylic acids is 1. The van der Waals surface area contributed by atoms with E-state index in [0.29, 0.717) is 0 Å². The van der Waals surface area contributed by atoms with Gasteiger partial charge in [0.1, 0.15) is 11.8 Å². The Morgan fingerprint density at radius 2 is 2.00 bits per heavy atom. The molecule has 1 aromatic rings. The van der Waals surface area contributed by atoms with Crippen LogP contribution in [-0.4, -0.2) is 36.1 Å². The number of nitrogens with one attached hydrogen (secondary N) is 1. The molecule has 1 unspecified atom stereocenters. The summed E-state index contributed by atoms with van der Waals surface area (Å²) in [4.78, 5) is 22.1. The number of ether oxygens (including phenoxy) is 1. The highest BCUT2D eigenvalue weighted by Crippen LogP contribution is 2.22. The molecule has 2 N–H and O–H groups in total. The molecule has 0 saturated carbocycles. The largest absolute Gasteiger partial charge is 0.482 e. The minimum absolute atomic E-state index is 0.241. The Morgan fingerprint density at radius 3 is 2.55 bits per heavy atom. The number of benzene rings is 1. The van der Waals surface area contributed by atoms with Crippen LogP contribution in [0.1, 0.15) is 6.42 Å². The van der Waals surface area contributed by atoms with Crippen LogP contribution in [0.4, 0.5) is 8.78 Å². The molecule has 0 bridgehead atoms. The van der Waals surface area contributed by atoms with Gasteiger partial charge in [0.2, 0.25) is 6.43 Å². The average Bonchev–Trinajstić information content (AvgIpc) is 2.36. The van der Waals surface area contributed by atoms with Crippen molar-refractivity contribution in [2.75, 3.05) is 6.61 Å². The van der Waals surface area contributed by atoms with Crippen LogP contribution in [0.5, 0.6) is 5.75 Å². The molecule has 0 saturated heterocycles. The smallest absolute Gasteiger partial charge is 0.326 e. The predicted octanol–water partition coefficient (Wildman–Crippen LogP) is 1.94. The molecule has 1 aromatic carbocycles. The van der Waals surface area contributed by atoms with Gasteiger partial charge in [-0.3, -0.25) is 4.79 Å². The van der Waals surface area contributed by atoms with Crippen LogP contribution in [0, 0.1) is 0 Å². The monoisotopic (exact) mass is 307 g/mol. The van der Waals surface area contributed by atoms with Gasteiger partial charge in [-0.2, -0.15) is 0 Å². The van der Waals surface area contributed by atoms with E-state index in [-0.39, 0.29) is 10.8 Å². The zero-order valence-corrected chi connectivity index (χ0v) is 10.9. The number of aliphatic carboxylic acids is 1. The van der Waals surface area contributed by atoms with Crippen molar-refractivity contribution in [3.05, 3.63) is 29.3 Å². The zero-order valence-electron chi connectivity index (χ0n) is 10.2. The van der Waals surface area contributed by atoms with Crippen LogP contribution in [0.25, 0.3) is 0 Å². The van der Waals surface area contributed by atoms with Gasteiger partial charge in [0.25, 0.3) is 5.91 Å². The molecular formula is C12H12ClF2NO4. The molecule has 1 rings (SSSR count). The Morgan fingerprint density at radius 1 is 1.35 bits per heavy atom. The van der Waals surface area contributed by atoms with Gasteiger partial charge in [-0.1, -0.05) is 23.7 Å². The van der Waals surface area contributed by atoms with Crippen LogP contribution in [0.15, 0.2) is 24.3 Å². The highest BCUT2D eigenvalue weighted by molar-refractivity contribution is 6.32. The van der Waals surface area contributed by atoms with Gasteiger partial charge in [-0.25, -0.2) is 13.6 Å². The molecule has 0 aromatic heterocycles. The summed E-state index contributed by atoms with van der Waals surface area (Å²) in [5, 5.41) is 10.9. The molecule has 110 valence electrons. The third-order valence-electron chi connectivity index (χ3n) is 2.24. The lowest BCUT2D eigenvalue weighted by molar-refractivity contribution is -0.143. The van der Waals surface area contributed by atoms with E-state index in [2.05, 4.69) is 0 Å². The maximum atomic E-state index is 12.1. The molecule has 0 spiro atoms. The minimum Gasteiger partial charge on any atom is -0.482 e. The number of carboxylic acids is 1. The van der Waals surface area contributed by atoms with E-state index < -0.39 is 37.4 Å². The lowest BCUT2D eigenvalue weighted by atomic mass is 10.2. The highest BCUT2D eigenvalue weighted by Gasteiger charge is 2.24. The number of carboxylic acid groups (broad SMARTS) is 1. The molecule has 0 aliphatic carbocycles. The van der Waals surface area contributed by atoms with Crippen LogP contribution >= 0.6 is 11.6 Å². The Hall–Kier alpha value is -1.89. The molecule has 1 atom stereocenters. The highest BCUT2D eigenvalue weighted by atomic mass is 35.5. The number of hydrogen-bond acceptors (Lipinski definition) is 3. The second kappa shape index (κ2) is 7.64. The van der Waals surface area contributed by atoms with Gasteiger partial charge in [-0.15, -0.1) is 0 Å². The number of hydrogen-bond donors (Lipinski definition) is 2. The Bertz CT molecular complexity index is 484. The maximum absolute atomic E-state index is 12.1. The van der Waals surface area contributed by atoms with Crippen LogP contribution < -0.4 is 10.1 Å². The molecule has 0 fully saturated rings. The fourth-order valence-corrected chi connectivity index (χ4v) is 1.53. The van der Waals surface area contributed by atoms with Crippen molar-refractivity contribution in [2.24, 2.45) is 0 Å². The Kier molecular flexibility index (Phi) is 6.17. The fourth-order valence-electron chi connectivity index (χ4n) is 1.34. The van der Waals surface area contributed by atoms with E-state index in [0.717, 1.165) is 0 Å². The van der Waals surface area contributed by atoms with Crippen molar-refractivity contribution in [3.63, 3.8) is 0 Å². The van der Waals surface area contributed by atoms with E-state index in [1.54, 1.807) is 18.2 Å². The van der Waals surface area contributed by atoms with Crippen LogP contribution in [0.2, 0.25) is 5.02 Å². The number of rotatable bonds is 7. The van der Waals surface area contributed by atoms with Gasteiger partial charge in [0, 0.05) is 6.42 Å². The second-order valence-electron chi connectivity index (χ2n) is 3.80. The van der Waals surface area contributed by atoms with E-state index in [4.69, 9.17) is 21.4 Å². The van der Waals surface area contributed by atoms with Gasteiger partial charge in [0.05, 0.1) is 5.02 Å². The lowest BCUT2D eigenvalue weighted by Crippen LogP contribution is -2.44. The molecule has 0 aliphatic rings. The van der Waals surface area contributed by atoms with Crippen molar-refractivity contribution in [3.8, 4) is 5.75 Å². The molecule has 0 heterocycles. The third kappa shape index (κ3) is 5.40. The van der Waals surface area contributed by atoms with E-state index in [1.165, 1.54) is 6.07 Å². The number of alkyl halides is 2. The van der Waals surface area contributed by atoms with Gasteiger partial charge < -0.3 is 15.2 Å².